The van der Waals surface area contributed by atoms with Gasteiger partial charge in [-0.05, 0) is 24.1 Å². The Bertz CT molecular complexity index is 821. The van der Waals surface area contributed by atoms with Crippen LogP contribution in [0.2, 0.25) is 0 Å². The normalized spacial score (nSPS) is 10.8. The maximum atomic E-state index is 11.3. The van der Waals surface area contributed by atoms with Crippen molar-refractivity contribution < 1.29 is 4.74 Å². The third kappa shape index (κ3) is 2.09. The molecule has 3 rings (SSSR count). The number of benzene rings is 1. The monoisotopic (exact) mass is 271 g/mol. The molecule has 2 heterocycles. The Labute approximate surface area is 114 Å². The van der Waals surface area contributed by atoms with E-state index in [4.69, 9.17) is 10.5 Å². The van der Waals surface area contributed by atoms with Crippen molar-refractivity contribution in [3.63, 3.8) is 0 Å². The number of nitrogens with one attached hydrogen (secondary N) is 1. The molecule has 3 N–H and O–H groups in total. The van der Waals surface area contributed by atoms with Gasteiger partial charge in [0.05, 0.1) is 5.69 Å². The molecule has 0 bridgehead atoms. The zero-order chi connectivity index (χ0) is 14.1. The van der Waals surface area contributed by atoms with Gasteiger partial charge in [0.1, 0.15) is 6.33 Å². The lowest BCUT2D eigenvalue weighted by Gasteiger charge is -2.08. The van der Waals surface area contributed by atoms with Gasteiger partial charge in [-0.15, -0.1) is 0 Å². The van der Waals surface area contributed by atoms with Gasteiger partial charge in [-0.3, -0.25) is 0 Å². The molecule has 0 saturated heterocycles. The van der Waals surface area contributed by atoms with Gasteiger partial charge in [0.15, 0.2) is 11.4 Å². The second kappa shape index (κ2) is 4.69. The molecule has 0 saturated carbocycles. The van der Waals surface area contributed by atoms with Gasteiger partial charge < -0.3 is 10.5 Å². The van der Waals surface area contributed by atoms with E-state index in [1.165, 1.54) is 10.7 Å². The second-order valence-electron chi connectivity index (χ2n) is 4.31. The minimum Gasteiger partial charge on any atom is -0.437 e. The Morgan fingerprint density at radius 1 is 1.40 bits per heavy atom. The number of ether oxygens (including phenoxy) is 1. The predicted molar refractivity (Wildman–Crippen MR) is 73.9 cm³/mol. The molecule has 0 atom stereocenters. The fourth-order valence-corrected chi connectivity index (χ4v) is 1.87. The summed E-state index contributed by atoms with van der Waals surface area (Å²) in [5.74, 6) is 0.851. The maximum absolute atomic E-state index is 11.3. The number of anilines is 1. The molecule has 3 aromatic rings. The van der Waals surface area contributed by atoms with Crippen LogP contribution in [0.5, 0.6) is 11.6 Å². The highest BCUT2D eigenvalue weighted by Crippen LogP contribution is 2.27. The molecular weight excluding hydrogens is 258 g/mol. The Balaban J connectivity index is 1.94. The molecule has 0 amide bonds. The number of nitrogens with two attached hydrogens (primary N) is 1. The lowest BCUT2D eigenvalue weighted by molar-refractivity contribution is 0.464. The van der Waals surface area contributed by atoms with E-state index >= 15 is 0 Å². The highest BCUT2D eigenvalue weighted by atomic mass is 16.5. The molecule has 1 aromatic carbocycles. The molecule has 0 spiro atoms. The maximum Gasteiger partial charge on any atom is 0.348 e. The van der Waals surface area contributed by atoms with Crippen molar-refractivity contribution in [3.8, 4) is 11.6 Å². The minimum absolute atomic E-state index is 0.326. The molecule has 0 aliphatic rings. The van der Waals surface area contributed by atoms with Crippen molar-refractivity contribution in [2.45, 2.75) is 13.3 Å². The lowest BCUT2D eigenvalue weighted by atomic mass is 10.1. The largest absolute Gasteiger partial charge is 0.437 e. The predicted octanol–water partition coefficient (Wildman–Crippen LogP) is 1.35. The summed E-state index contributed by atoms with van der Waals surface area (Å²) in [5.41, 5.74) is 7.71. The van der Waals surface area contributed by atoms with E-state index in [1.807, 2.05) is 12.1 Å². The average Bonchev–Trinajstić information content (AvgIpc) is 2.82. The van der Waals surface area contributed by atoms with Gasteiger partial charge in [-0.2, -0.15) is 5.10 Å². The summed E-state index contributed by atoms with van der Waals surface area (Å²) in [4.78, 5) is 15.4. The summed E-state index contributed by atoms with van der Waals surface area (Å²) in [5, 5.41) is 6.18. The Morgan fingerprint density at radius 2 is 2.25 bits per heavy atom. The van der Waals surface area contributed by atoms with Crippen LogP contribution in [0, 0.1) is 0 Å². The van der Waals surface area contributed by atoms with Gasteiger partial charge in [0.2, 0.25) is 5.88 Å². The Morgan fingerprint density at radius 3 is 3.00 bits per heavy atom. The number of rotatable bonds is 3. The zero-order valence-corrected chi connectivity index (χ0v) is 10.8. The zero-order valence-electron chi connectivity index (χ0n) is 10.8. The van der Waals surface area contributed by atoms with Crippen molar-refractivity contribution in [2.75, 3.05) is 5.73 Å². The van der Waals surface area contributed by atoms with E-state index in [9.17, 15) is 4.79 Å². The molecule has 0 unspecified atom stereocenters. The first-order valence-corrected chi connectivity index (χ1v) is 6.16. The average molecular weight is 271 g/mol. The van der Waals surface area contributed by atoms with Crippen LogP contribution in [-0.4, -0.2) is 19.6 Å². The summed E-state index contributed by atoms with van der Waals surface area (Å²) < 4.78 is 6.91. The molecule has 0 aliphatic heterocycles. The van der Waals surface area contributed by atoms with Crippen LogP contribution in [0.15, 0.2) is 35.4 Å². The van der Waals surface area contributed by atoms with E-state index < -0.39 is 0 Å². The first-order chi connectivity index (χ1) is 9.67. The molecule has 20 heavy (non-hydrogen) atoms. The van der Waals surface area contributed by atoms with E-state index in [-0.39, 0.29) is 5.69 Å². The van der Waals surface area contributed by atoms with Crippen LogP contribution < -0.4 is 16.2 Å². The molecule has 0 fully saturated rings. The Hall–Kier alpha value is -2.83. The smallest absolute Gasteiger partial charge is 0.348 e. The third-order valence-electron chi connectivity index (χ3n) is 2.98. The van der Waals surface area contributed by atoms with Gasteiger partial charge in [-0.25, -0.2) is 19.3 Å². The van der Waals surface area contributed by atoms with E-state index in [1.54, 1.807) is 12.1 Å². The third-order valence-corrected chi connectivity index (χ3v) is 2.98. The summed E-state index contributed by atoms with van der Waals surface area (Å²) in [6, 6.07) is 7.18. The van der Waals surface area contributed by atoms with Gasteiger partial charge >= 0.3 is 5.69 Å². The first-order valence-electron chi connectivity index (χ1n) is 6.16. The number of nitrogen functional groups attached to an aromatic ring is 1. The summed E-state index contributed by atoms with van der Waals surface area (Å²) in [6.07, 6.45) is 2.26. The van der Waals surface area contributed by atoms with Gasteiger partial charge in [-0.1, -0.05) is 13.0 Å². The van der Waals surface area contributed by atoms with Crippen LogP contribution in [0.3, 0.4) is 0 Å². The summed E-state index contributed by atoms with van der Waals surface area (Å²) in [7, 11) is 0. The first kappa shape index (κ1) is 12.2. The molecule has 0 radical (unpaired) electrons. The standard InChI is InChI=1S/C13H13N5O2/c1-2-8-3-4-10(9(14)5-8)20-12-6-11-16-17-13(19)18(11)7-15-12/h3-7H,2,14H2,1H3,(H,17,19). The van der Waals surface area contributed by atoms with Crippen molar-refractivity contribution in [1.82, 2.24) is 19.6 Å². The molecule has 7 nitrogen and oxygen atoms in total. The van der Waals surface area contributed by atoms with Crippen LogP contribution in [0.4, 0.5) is 5.69 Å². The highest BCUT2D eigenvalue weighted by molar-refractivity contribution is 5.55. The minimum atomic E-state index is -0.342. The van der Waals surface area contributed by atoms with Crippen molar-refractivity contribution in [2.24, 2.45) is 0 Å². The van der Waals surface area contributed by atoms with Crippen LogP contribution in [-0.2, 0) is 6.42 Å². The molecule has 7 heteroatoms. The van der Waals surface area contributed by atoms with E-state index in [2.05, 4.69) is 22.1 Å². The molecular formula is C13H13N5O2. The number of fused-ring (bicyclic) bond motifs is 1. The highest BCUT2D eigenvalue weighted by Gasteiger charge is 2.07. The second-order valence-corrected chi connectivity index (χ2v) is 4.31. The number of aromatic nitrogens is 4. The number of aromatic amines is 1. The quantitative estimate of drug-likeness (QED) is 0.701. The topological polar surface area (TPSA) is 98.3 Å². The lowest BCUT2D eigenvalue weighted by Crippen LogP contribution is -2.09. The van der Waals surface area contributed by atoms with Crippen LogP contribution in [0.25, 0.3) is 5.65 Å². The SMILES string of the molecule is CCc1ccc(Oc2cc3n[nH]c(=O)n3cn2)c(N)c1. The van der Waals surface area contributed by atoms with Crippen molar-refractivity contribution in [3.05, 3.63) is 46.6 Å². The number of nitrogens with zero attached hydrogens (tertiary/aromatic N) is 3. The van der Waals surface area contributed by atoms with Gasteiger partial charge in [0, 0.05) is 6.07 Å². The number of hydrogen-bond acceptors (Lipinski definition) is 5. The fraction of sp³-hybridized carbons (Fsp3) is 0.154. The van der Waals surface area contributed by atoms with Crippen molar-refractivity contribution in [1.29, 1.82) is 0 Å². The number of hydrogen-bond donors (Lipinski definition) is 2. The Kier molecular flexibility index (Phi) is 2.86. The van der Waals surface area contributed by atoms with E-state index in [0.29, 0.717) is 23.0 Å². The van der Waals surface area contributed by atoms with Crippen LogP contribution in [0.1, 0.15) is 12.5 Å². The molecule has 2 aromatic heterocycles. The van der Waals surface area contributed by atoms with Gasteiger partial charge in [0.25, 0.3) is 0 Å². The van der Waals surface area contributed by atoms with Crippen molar-refractivity contribution >= 4 is 11.3 Å². The number of aryl methyl sites for hydroxylation is 1. The van der Waals surface area contributed by atoms with E-state index in [0.717, 1.165) is 12.0 Å². The summed E-state index contributed by atoms with van der Waals surface area (Å²) >= 11 is 0. The molecule has 0 aliphatic carbocycles. The summed E-state index contributed by atoms with van der Waals surface area (Å²) in [6.45, 7) is 2.06. The van der Waals surface area contributed by atoms with Crippen LogP contribution >= 0.6 is 0 Å². The fourth-order valence-electron chi connectivity index (χ4n) is 1.87. The molecule has 102 valence electrons. The number of H-pyrrole nitrogens is 1.